The second-order valence-electron chi connectivity index (χ2n) is 11.1. The lowest BCUT2D eigenvalue weighted by Crippen LogP contribution is -2.57. The fourth-order valence-corrected chi connectivity index (χ4v) is 8.06. The molecule has 3 aliphatic heterocycles. The molecule has 3 fully saturated rings. The van der Waals surface area contributed by atoms with Crippen LogP contribution < -0.4 is 16.4 Å². The van der Waals surface area contributed by atoms with Gasteiger partial charge in [0.15, 0.2) is 0 Å². The van der Waals surface area contributed by atoms with Crippen molar-refractivity contribution in [3.63, 3.8) is 0 Å². The molecule has 0 saturated carbocycles. The number of hydrogen-bond donors (Lipinski definition) is 3. The monoisotopic (exact) mass is 576 g/mol. The van der Waals surface area contributed by atoms with Crippen LogP contribution in [0.5, 0.6) is 0 Å². The minimum atomic E-state index is -3.37. The van der Waals surface area contributed by atoms with E-state index in [2.05, 4.69) is 10.6 Å². The number of benzene rings is 2. The first-order chi connectivity index (χ1) is 19.2. The van der Waals surface area contributed by atoms with Crippen LogP contribution in [0, 0.1) is 11.6 Å². The summed E-state index contributed by atoms with van der Waals surface area (Å²) in [6.07, 6.45) is 4.38. The van der Waals surface area contributed by atoms with Crippen LogP contribution in [-0.4, -0.2) is 68.3 Å². The third kappa shape index (κ3) is 6.54. The molecule has 3 aliphatic rings. The van der Waals surface area contributed by atoms with E-state index in [1.54, 1.807) is 22.5 Å². The highest BCUT2D eigenvalue weighted by Crippen LogP contribution is 2.32. The number of amides is 1. The number of ether oxygens (including phenoxy) is 1. The number of fused-ring (bicyclic) bond motifs is 2. The van der Waals surface area contributed by atoms with Gasteiger partial charge in [-0.25, -0.2) is 17.2 Å². The number of nitrogens with two attached hydrogens (primary N) is 1. The topological polar surface area (TPSA) is 114 Å². The number of sulfonamides is 1. The van der Waals surface area contributed by atoms with Gasteiger partial charge in [0.1, 0.15) is 11.6 Å². The maximum Gasteiger partial charge on any atom is 0.242 e. The lowest BCUT2D eigenvalue weighted by atomic mass is 9.83. The Morgan fingerprint density at radius 1 is 1.12 bits per heavy atom. The maximum atomic E-state index is 15.1. The SMILES string of the molecule is NC(C(=O)Nc1cccc(F)c1CCC1CNC2CCCS(=O)(=O)N1C2)C(c1ccc(F)cc1)C1CCCCO1. The molecule has 3 heterocycles. The van der Waals surface area contributed by atoms with Crippen LogP contribution in [0.15, 0.2) is 42.5 Å². The van der Waals surface area contributed by atoms with E-state index in [4.69, 9.17) is 10.5 Å². The first-order valence-electron chi connectivity index (χ1n) is 14.2. The molecule has 0 aromatic heterocycles. The minimum absolute atomic E-state index is 0.126. The first-order valence-corrected chi connectivity index (χ1v) is 15.8. The molecule has 8 nitrogen and oxygen atoms in total. The van der Waals surface area contributed by atoms with Crippen molar-refractivity contribution in [1.29, 1.82) is 0 Å². The smallest absolute Gasteiger partial charge is 0.242 e. The minimum Gasteiger partial charge on any atom is -0.378 e. The Bertz CT molecular complexity index is 1290. The summed E-state index contributed by atoms with van der Waals surface area (Å²) in [5.74, 6) is -1.73. The van der Waals surface area contributed by atoms with Gasteiger partial charge in [0.25, 0.3) is 0 Å². The van der Waals surface area contributed by atoms with Gasteiger partial charge in [0.2, 0.25) is 15.9 Å². The number of hydrogen-bond acceptors (Lipinski definition) is 6. The number of nitrogens with one attached hydrogen (secondary N) is 2. The number of carbonyl (C=O) groups is 1. The van der Waals surface area contributed by atoms with E-state index in [9.17, 15) is 17.6 Å². The van der Waals surface area contributed by atoms with Gasteiger partial charge in [-0.05, 0) is 74.8 Å². The highest BCUT2D eigenvalue weighted by atomic mass is 32.2. The molecule has 6 unspecified atom stereocenters. The third-order valence-corrected chi connectivity index (χ3v) is 10.4. The summed E-state index contributed by atoms with van der Waals surface area (Å²) >= 11 is 0. The highest BCUT2D eigenvalue weighted by Gasteiger charge is 2.38. The number of rotatable bonds is 8. The molecule has 40 heavy (non-hydrogen) atoms. The first kappa shape index (κ1) is 29.1. The Labute approximate surface area is 234 Å². The fourth-order valence-electron chi connectivity index (χ4n) is 6.25. The molecule has 1 amide bonds. The van der Waals surface area contributed by atoms with Crippen molar-refractivity contribution in [1.82, 2.24) is 9.62 Å². The van der Waals surface area contributed by atoms with Crippen LogP contribution in [0.4, 0.5) is 14.5 Å². The summed E-state index contributed by atoms with van der Waals surface area (Å²) < 4.78 is 62.0. The zero-order chi connectivity index (χ0) is 28.3. The van der Waals surface area contributed by atoms with Crippen LogP contribution in [-0.2, 0) is 26.0 Å². The van der Waals surface area contributed by atoms with Crippen molar-refractivity contribution < 1.29 is 26.7 Å². The molecule has 0 aliphatic carbocycles. The number of nitrogens with zero attached hydrogens (tertiary/aromatic N) is 1. The van der Waals surface area contributed by atoms with Gasteiger partial charge in [0, 0.05) is 48.9 Å². The van der Waals surface area contributed by atoms with Crippen LogP contribution in [0.2, 0.25) is 0 Å². The quantitative estimate of drug-likeness (QED) is 0.445. The highest BCUT2D eigenvalue weighted by molar-refractivity contribution is 7.89. The van der Waals surface area contributed by atoms with Gasteiger partial charge in [-0.15, -0.1) is 0 Å². The second-order valence-corrected chi connectivity index (χ2v) is 13.1. The molecule has 4 N–H and O–H groups in total. The molecule has 2 aromatic rings. The molecule has 0 spiro atoms. The van der Waals surface area contributed by atoms with Crippen LogP contribution in [0.3, 0.4) is 0 Å². The molecule has 3 saturated heterocycles. The van der Waals surface area contributed by atoms with Crippen molar-refractivity contribution in [2.24, 2.45) is 5.73 Å². The largest absolute Gasteiger partial charge is 0.378 e. The Hall–Kier alpha value is -2.44. The molecule has 218 valence electrons. The maximum absolute atomic E-state index is 15.1. The summed E-state index contributed by atoms with van der Waals surface area (Å²) in [5, 5.41) is 6.26. The number of carbonyl (C=O) groups excluding carboxylic acids is 1. The lowest BCUT2D eigenvalue weighted by molar-refractivity contribution is -0.119. The van der Waals surface area contributed by atoms with Crippen LogP contribution >= 0.6 is 0 Å². The molecule has 0 radical (unpaired) electrons. The Balaban J connectivity index is 1.32. The summed E-state index contributed by atoms with van der Waals surface area (Å²) in [6.45, 7) is 1.50. The van der Waals surface area contributed by atoms with Crippen molar-refractivity contribution in [2.45, 2.75) is 75.1 Å². The average molecular weight is 577 g/mol. The van der Waals surface area contributed by atoms with Crippen molar-refractivity contribution >= 4 is 21.6 Å². The van der Waals surface area contributed by atoms with E-state index in [-0.39, 0.29) is 36.2 Å². The molecular weight excluding hydrogens is 538 g/mol. The molecule has 2 aromatic carbocycles. The van der Waals surface area contributed by atoms with Gasteiger partial charge >= 0.3 is 0 Å². The van der Waals surface area contributed by atoms with Gasteiger partial charge in [-0.2, -0.15) is 4.31 Å². The number of halogens is 2. The van der Waals surface area contributed by atoms with Crippen molar-refractivity contribution in [3.05, 3.63) is 65.2 Å². The summed E-state index contributed by atoms with van der Waals surface area (Å²) in [5.41, 5.74) is 7.85. The Morgan fingerprint density at radius 2 is 1.93 bits per heavy atom. The average Bonchev–Trinajstić information content (AvgIpc) is 3.06. The van der Waals surface area contributed by atoms with E-state index in [0.717, 1.165) is 25.7 Å². The molecular formula is C29H38F2N4O4S. The molecule has 5 rings (SSSR count). The predicted molar refractivity (Wildman–Crippen MR) is 149 cm³/mol. The van der Waals surface area contributed by atoms with E-state index in [1.165, 1.54) is 24.3 Å². The van der Waals surface area contributed by atoms with Gasteiger partial charge in [-0.1, -0.05) is 18.2 Å². The van der Waals surface area contributed by atoms with Crippen molar-refractivity contribution in [3.8, 4) is 0 Å². The van der Waals surface area contributed by atoms with E-state index in [1.807, 2.05) is 0 Å². The molecule has 2 bridgehead atoms. The molecule has 11 heteroatoms. The Kier molecular flexibility index (Phi) is 9.16. The van der Waals surface area contributed by atoms with Gasteiger partial charge in [-0.3, -0.25) is 4.79 Å². The van der Waals surface area contributed by atoms with Crippen LogP contribution in [0.1, 0.15) is 55.6 Å². The summed E-state index contributed by atoms with van der Waals surface area (Å²) in [6, 6.07) is 9.23. The second kappa shape index (κ2) is 12.6. The standard InChI is InChI=1S/C29H38F2N4O4S/c30-20-11-9-19(10-12-20)27(26-8-1-2-15-39-26)28(32)29(36)34-25-7-3-6-24(31)23(25)14-13-22-17-33-21-5-4-16-40(37,38)35(22)18-21/h3,6-7,9-12,21-22,26-28,33H,1-2,4-5,8,13-18,32H2,(H,34,36). The summed E-state index contributed by atoms with van der Waals surface area (Å²) in [4.78, 5) is 13.5. The van der Waals surface area contributed by atoms with Crippen LogP contribution in [0.25, 0.3) is 0 Å². The normalized spacial score (nSPS) is 27.8. The lowest BCUT2D eigenvalue weighted by Gasteiger charge is -2.37. The predicted octanol–water partition coefficient (Wildman–Crippen LogP) is 3.28. The van der Waals surface area contributed by atoms with Gasteiger partial charge < -0.3 is 21.1 Å². The number of piperazine rings is 1. The third-order valence-electron chi connectivity index (χ3n) is 8.43. The zero-order valence-corrected chi connectivity index (χ0v) is 23.3. The summed E-state index contributed by atoms with van der Waals surface area (Å²) in [7, 11) is -3.37. The van der Waals surface area contributed by atoms with E-state index >= 15 is 4.39 Å². The molecule has 6 atom stereocenters. The fraction of sp³-hybridized carbons (Fsp3) is 0.552. The van der Waals surface area contributed by atoms with Crippen molar-refractivity contribution in [2.75, 3.05) is 30.8 Å². The Morgan fingerprint density at radius 3 is 2.67 bits per heavy atom. The van der Waals surface area contributed by atoms with E-state index < -0.39 is 33.7 Å². The number of anilines is 1. The van der Waals surface area contributed by atoms with E-state index in [0.29, 0.717) is 49.4 Å². The zero-order valence-electron chi connectivity index (χ0n) is 22.5. The van der Waals surface area contributed by atoms with Gasteiger partial charge in [0.05, 0.1) is 17.9 Å².